The first-order chi connectivity index (χ1) is 13.8. The van der Waals surface area contributed by atoms with E-state index in [0.29, 0.717) is 25.3 Å². The summed E-state index contributed by atoms with van der Waals surface area (Å²) in [4.78, 5) is 31.0. The van der Waals surface area contributed by atoms with Gasteiger partial charge in [-0.3, -0.25) is 14.5 Å². The first-order valence-corrected chi connectivity index (χ1v) is 9.87. The number of rotatable bonds is 6. The molecule has 1 aromatic carbocycles. The molecule has 2 amide bonds. The smallest absolute Gasteiger partial charge is 0.237 e. The van der Waals surface area contributed by atoms with Crippen molar-refractivity contribution in [2.24, 2.45) is 5.73 Å². The number of carbonyl (C=O) groups is 2. The van der Waals surface area contributed by atoms with Crippen LogP contribution in [-0.4, -0.2) is 40.3 Å². The average molecular weight is 468 g/mol. The highest BCUT2D eigenvalue weighted by molar-refractivity contribution is 5.86. The molecule has 2 heterocycles. The molecule has 3 rings (SSSR count). The molecule has 1 saturated heterocycles. The van der Waals surface area contributed by atoms with Gasteiger partial charge in [0.05, 0.1) is 12.1 Å². The second kappa shape index (κ2) is 11.3. The van der Waals surface area contributed by atoms with Crippen LogP contribution in [0.2, 0.25) is 0 Å². The van der Waals surface area contributed by atoms with E-state index in [-0.39, 0.29) is 36.6 Å². The van der Waals surface area contributed by atoms with Crippen LogP contribution in [0.3, 0.4) is 0 Å². The second-order valence-electron chi connectivity index (χ2n) is 7.84. The minimum absolute atomic E-state index is 0. The number of hydrogen-bond donors (Lipinski definition) is 3. The van der Waals surface area contributed by atoms with Crippen molar-refractivity contribution in [1.29, 1.82) is 0 Å². The monoisotopic (exact) mass is 467 g/mol. The van der Waals surface area contributed by atoms with Crippen LogP contribution in [0.15, 0.2) is 36.4 Å². The van der Waals surface area contributed by atoms with Gasteiger partial charge in [-0.2, -0.15) is 0 Å². The first-order valence-electron chi connectivity index (χ1n) is 9.87. The first kappa shape index (κ1) is 26.7. The van der Waals surface area contributed by atoms with Crippen LogP contribution in [0.4, 0.5) is 5.82 Å². The number of carbonyl (C=O) groups excluding carboxylic acids is 2. The highest BCUT2D eigenvalue weighted by Crippen LogP contribution is 2.33. The Hall–Kier alpha value is -2.35. The van der Waals surface area contributed by atoms with E-state index in [9.17, 15) is 9.59 Å². The molecule has 5 N–H and O–H groups in total. The van der Waals surface area contributed by atoms with Crippen LogP contribution in [0.25, 0.3) is 0 Å². The predicted molar refractivity (Wildman–Crippen MR) is 127 cm³/mol. The fourth-order valence-electron chi connectivity index (χ4n) is 4.01. The van der Waals surface area contributed by atoms with Gasteiger partial charge in [0, 0.05) is 18.8 Å². The molecule has 1 aliphatic heterocycles. The van der Waals surface area contributed by atoms with Crippen LogP contribution in [-0.2, 0) is 16.1 Å². The number of amides is 2. The van der Waals surface area contributed by atoms with Crippen molar-refractivity contribution in [2.75, 3.05) is 12.3 Å². The summed E-state index contributed by atoms with van der Waals surface area (Å²) in [6, 6.07) is 10.9. The zero-order chi connectivity index (χ0) is 21.1. The standard InChI is InChI=1S/C22H29N5O2.2ClH/c1-13-5-4-6-16(9-13)18-10-19(21(24)28)27(12-18)15(3)22(29)25-11-17-7-8-20(23)26-14(17)2;;/h4-9,15,18-19H,10-12H2,1-3H3,(H2,23,26)(H2,24,28)(H,25,29);2*1H/t15-,18?,19?;;/m0../s1. The normalized spacial score (nSPS) is 19.1. The molecule has 3 atom stereocenters. The Morgan fingerprint density at radius 1 is 1.23 bits per heavy atom. The number of nitrogens with one attached hydrogen (secondary N) is 1. The van der Waals surface area contributed by atoms with Gasteiger partial charge >= 0.3 is 0 Å². The number of pyridine rings is 1. The molecule has 31 heavy (non-hydrogen) atoms. The largest absolute Gasteiger partial charge is 0.384 e. The lowest BCUT2D eigenvalue weighted by atomic mass is 9.95. The van der Waals surface area contributed by atoms with Gasteiger partial charge in [-0.1, -0.05) is 35.9 Å². The summed E-state index contributed by atoms with van der Waals surface area (Å²) in [5.41, 5.74) is 15.4. The van der Waals surface area contributed by atoms with E-state index in [1.807, 2.05) is 43.9 Å². The molecule has 2 unspecified atom stereocenters. The van der Waals surface area contributed by atoms with Crippen molar-refractivity contribution in [3.05, 3.63) is 58.8 Å². The number of aromatic nitrogens is 1. The van der Waals surface area contributed by atoms with Crippen molar-refractivity contribution in [2.45, 2.75) is 51.7 Å². The Morgan fingerprint density at radius 2 is 1.94 bits per heavy atom. The Morgan fingerprint density at radius 3 is 2.55 bits per heavy atom. The SMILES string of the molecule is Cc1cccc(C2CC(C(N)=O)N([C@@H](C)C(=O)NCc3ccc(N)nc3C)C2)c1.Cl.Cl. The highest BCUT2D eigenvalue weighted by atomic mass is 35.5. The van der Waals surface area contributed by atoms with Gasteiger partial charge in [0.1, 0.15) is 5.82 Å². The summed E-state index contributed by atoms with van der Waals surface area (Å²) >= 11 is 0. The molecule has 0 aliphatic carbocycles. The lowest BCUT2D eigenvalue weighted by molar-refractivity contribution is -0.129. The molecule has 9 heteroatoms. The summed E-state index contributed by atoms with van der Waals surface area (Å²) in [5, 5.41) is 2.95. The van der Waals surface area contributed by atoms with Gasteiger partial charge in [-0.05, 0) is 50.3 Å². The molecule has 0 bridgehead atoms. The highest BCUT2D eigenvalue weighted by Gasteiger charge is 2.40. The minimum Gasteiger partial charge on any atom is -0.384 e. The molecule has 1 aliphatic rings. The second-order valence-corrected chi connectivity index (χ2v) is 7.84. The number of nitrogen functional groups attached to an aromatic ring is 1. The molecule has 0 saturated carbocycles. The number of anilines is 1. The third-order valence-electron chi connectivity index (χ3n) is 5.73. The number of halogens is 2. The van der Waals surface area contributed by atoms with Crippen molar-refractivity contribution in [1.82, 2.24) is 15.2 Å². The molecule has 0 radical (unpaired) electrons. The van der Waals surface area contributed by atoms with E-state index in [2.05, 4.69) is 22.4 Å². The Labute approximate surface area is 195 Å². The topological polar surface area (TPSA) is 114 Å². The molecule has 170 valence electrons. The van der Waals surface area contributed by atoms with Gasteiger partial charge in [0.25, 0.3) is 0 Å². The zero-order valence-corrected chi connectivity index (χ0v) is 19.6. The maximum Gasteiger partial charge on any atom is 0.237 e. The quantitative estimate of drug-likeness (QED) is 0.603. The third kappa shape index (κ3) is 6.32. The summed E-state index contributed by atoms with van der Waals surface area (Å²) < 4.78 is 0. The lowest BCUT2D eigenvalue weighted by Gasteiger charge is -2.28. The summed E-state index contributed by atoms with van der Waals surface area (Å²) in [5.74, 6) is 0.0939. The maximum absolute atomic E-state index is 12.8. The maximum atomic E-state index is 12.8. The fraction of sp³-hybridized carbons (Fsp3) is 0.409. The van der Waals surface area contributed by atoms with Crippen LogP contribution in [0.5, 0.6) is 0 Å². The van der Waals surface area contributed by atoms with Gasteiger partial charge in [0.2, 0.25) is 11.8 Å². The van der Waals surface area contributed by atoms with E-state index >= 15 is 0 Å². The Bertz CT molecular complexity index is 925. The van der Waals surface area contributed by atoms with Crippen molar-refractivity contribution in [3.8, 4) is 0 Å². The zero-order valence-electron chi connectivity index (χ0n) is 18.0. The Kier molecular flexibility index (Phi) is 9.74. The number of nitrogens with zero attached hydrogens (tertiary/aromatic N) is 2. The minimum atomic E-state index is -0.468. The van der Waals surface area contributed by atoms with Crippen molar-refractivity contribution < 1.29 is 9.59 Å². The number of benzene rings is 1. The number of likely N-dealkylation sites (tertiary alicyclic amines) is 1. The van der Waals surface area contributed by atoms with Crippen LogP contribution in [0, 0.1) is 13.8 Å². The van der Waals surface area contributed by atoms with Crippen molar-refractivity contribution in [3.63, 3.8) is 0 Å². The molecule has 1 fully saturated rings. The van der Waals surface area contributed by atoms with E-state index in [0.717, 1.165) is 11.3 Å². The predicted octanol–water partition coefficient (Wildman–Crippen LogP) is 2.47. The summed E-state index contributed by atoms with van der Waals surface area (Å²) in [7, 11) is 0. The lowest BCUT2D eigenvalue weighted by Crippen LogP contribution is -2.51. The van der Waals surface area contributed by atoms with Crippen LogP contribution in [0.1, 0.15) is 41.6 Å². The molecular formula is C22H31Cl2N5O2. The molecular weight excluding hydrogens is 437 g/mol. The molecule has 7 nitrogen and oxygen atoms in total. The van der Waals surface area contributed by atoms with E-state index < -0.39 is 18.0 Å². The number of aryl methyl sites for hydroxylation is 2. The number of nitrogens with two attached hydrogens (primary N) is 2. The van der Waals surface area contributed by atoms with E-state index in [4.69, 9.17) is 11.5 Å². The van der Waals surface area contributed by atoms with Gasteiger partial charge in [0.15, 0.2) is 0 Å². The number of hydrogen-bond acceptors (Lipinski definition) is 5. The van der Waals surface area contributed by atoms with E-state index in [1.54, 1.807) is 6.07 Å². The van der Waals surface area contributed by atoms with Gasteiger partial charge < -0.3 is 16.8 Å². The average Bonchev–Trinajstić information content (AvgIpc) is 3.12. The molecule has 2 aromatic rings. The Balaban J connectivity index is 0.00000240. The molecule has 1 aromatic heterocycles. The summed E-state index contributed by atoms with van der Waals surface area (Å²) in [6.07, 6.45) is 0.622. The van der Waals surface area contributed by atoms with Gasteiger partial charge in [-0.15, -0.1) is 24.8 Å². The van der Waals surface area contributed by atoms with Crippen LogP contribution >= 0.6 is 24.8 Å². The van der Waals surface area contributed by atoms with Crippen molar-refractivity contribution >= 4 is 42.4 Å². The third-order valence-corrected chi connectivity index (χ3v) is 5.73. The number of primary amides is 1. The molecule has 0 spiro atoms. The summed E-state index contributed by atoms with van der Waals surface area (Å²) in [6.45, 7) is 6.70. The fourth-order valence-corrected chi connectivity index (χ4v) is 4.01. The van der Waals surface area contributed by atoms with Crippen LogP contribution < -0.4 is 16.8 Å². The van der Waals surface area contributed by atoms with Gasteiger partial charge in [-0.25, -0.2) is 4.98 Å². The van der Waals surface area contributed by atoms with E-state index in [1.165, 1.54) is 11.1 Å².